The predicted molar refractivity (Wildman–Crippen MR) is 82.6 cm³/mol. The quantitative estimate of drug-likeness (QED) is 0.265. The van der Waals surface area contributed by atoms with Crippen molar-refractivity contribution in [3.63, 3.8) is 0 Å². The van der Waals surface area contributed by atoms with Crippen molar-refractivity contribution in [1.82, 2.24) is 0 Å². The van der Waals surface area contributed by atoms with Gasteiger partial charge in [-0.15, -0.1) is 0 Å². The Bertz CT molecular complexity index is 384. The molecule has 0 aromatic heterocycles. The summed E-state index contributed by atoms with van der Waals surface area (Å²) < 4.78 is 155. The van der Waals surface area contributed by atoms with Crippen LogP contribution in [-0.2, 0) is 18.6 Å². The first-order valence-electron chi connectivity index (χ1n) is 8.42. The van der Waals surface area contributed by atoms with E-state index in [2.05, 4.69) is 14.0 Å². The fourth-order valence-corrected chi connectivity index (χ4v) is 1.64. The summed E-state index contributed by atoms with van der Waals surface area (Å²) >= 11 is 0. The SMILES string of the molecule is CC(F)(F)CCOB(OCCC(F)(F)F)B(OCCC(F)(F)F)OCCC(F)(F)F. The van der Waals surface area contributed by atoms with Crippen LogP contribution in [-0.4, -0.2) is 64.9 Å². The van der Waals surface area contributed by atoms with Crippen LogP contribution in [0.2, 0.25) is 0 Å². The number of hydrogen-bond donors (Lipinski definition) is 0. The van der Waals surface area contributed by atoms with Crippen LogP contribution < -0.4 is 0 Å². The number of halogens is 11. The smallest absolute Gasteiger partial charge is 0.413 e. The second kappa shape index (κ2) is 12.3. The molecule has 30 heavy (non-hydrogen) atoms. The predicted octanol–water partition coefficient (Wildman–Crippen LogP) is 5.01. The van der Waals surface area contributed by atoms with Gasteiger partial charge in [-0.3, -0.25) is 0 Å². The van der Waals surface area contributed by atoms with Crippen LogP contribution in [0.4, 0.5) is 48.3 Å². The minimum absolute atomic E-state index is 0.493. The highest BCUT2D eigenvalue weighted by atomic mass is 19.4. The molecule has 0 amide bonds. The first-order chi connectivity index (χ1) is 13.4. The van der Waals surface area contributed by atoms with Gasteiger partial charge in [0.15, 0.2) is 0 Å². The normalized spacial score (nSPS) is 13.6. The fourth-order valence-electron chi connectivity index (χ4n) is 1.64. The molecule has 0 heterocycles. The minimum Gasteiger partial charge on any atom is -0.413 e. The summed E-state index contributed by atoms with van der Waals surface area (Å²) in [6.45, 7) is -3.77. The highest BCUT2D eigenvalue weighted by Crippen LogP contribution is 2.23. The van der Waals surface area contributed by atoms with E-state index in [9.17, 15) is 48.3 Å². The molecule has 0 aliphatic carbocycles. The molecule has 0 rings (SSSR count). The zero-order valence-corrected chi connectivity index (χ0v) is 15.6. The van der Waals surface area contributed by atoms with Gasteiger partial charge >= 0.3 is 32.5 Å². The van der Waals surface area contributed by atoms with Gasteiger partial charge in [-0.25, -0.2) is 8.78 Å². The monoisotopic (exact) mass is 470 g/mol. The van der Waals surface area contributed by atoms with Crippen molar-refractivity contribution < 1.29 is 66.9 Å². The average Bonchev–Trinajstić information content (AvgIpc) is 2.47. The fraction of sp³-hybridized carbons (Fsp3) is 1.00. The van der Waals surface area contributed by atoms with Gasteiger partial charge in [0, 0.05) is 32.8 Å². The lowest BCUT2D eigenvalue weighted by molar-refractivity contribution is -0.144. The Hall–Kier alpha value is -0.800. The lowest BCUT2D eigenvalue weighted by Gasteiger charge is -2.23. The summed E-state index contributed by atoms with van der Waals surface area (Å²) in [5.41, 5.74) is 0. The summed E-state index contributed by atoms with van der Waals surface area (Å²) in [5, 5.41) is 0. The summed E-state index contributed by atoms with van der Waals surface area (Å²) in [5.74, 6) is -3.26. The van der Waals surface area contributed by atoms with E-state index in [1.165, 1.54) is 0 Å². The standard InChI is InChI=1S/C13H19B2F11O4/c1-10(16,17)2-6-27-14(28-7-3-11(18,19)20)15(29-8-4-12(21,22)23)30-9-5-13(24,25)26/h2-9H2,1H3. The number of alkyl halides is 11. The maximum atomic E-state index is 12.9. The molecule has 0 saturated carbocycles. The van der Waals surface area contributed by atoms with Gasteiger partial charge in [-0.05, 0) is 6.92 Å². The van der Waals surface area contributed by atoms with Crippen LogP contribution in [0.3, 0.4) is 0 Å². The molecule has 0 unspecified atom stereocenters. The first-order valence-corrected chi connectivity index (χ1v) is 8.42. The minimum atomic E-state index is -4.71. The summed E-state index contributed by atoms with van der Waals surface area (Å²) in [6, 6.07) is 0. The largest absolute Gasteiger partial charge is 0.487 e. The maximum Gasteiger partial charge on any atom is 0.487 e. The molecule has 0 bridgehead atoms. The first kappa shape index (κ1) is 29.2. The van der Waals surface area contributed by atoms with Crippen molar-refractivity contribution in [2.24, 2.45) is 0 Å². The topological polar surface area (TPSA) is 36.9 Å². The van der Waals surface area contributed by atoms with E-state index in [1.54, 1.807) is 0 Å². The van der Waals surface area contributed by atoms with Crippen molar-refractivity contribution in [3.8, 4) is 0 Å². The van der Waals surface area contributed by atoms with Gasteiger partial charge in [0.1, 0.15) is 0 Å². The number of hydrogen-bond acceptors (Lipinski definition) is 4. The summed E-state index contributed by atoms with van der Waals surface area (Å²) in [7, 11) is -4.19. The summed E-state index contributed by atoms with van der Waals surface area (Å²) in [6.07, 6.45) is -19.8. The molecule has 0 saturated heterocycles. The van der Waals surface area contributed by atoms with Crippen LogP contribution in [0.15, 0.2) is 0 Å². The molecular weight excluding hydrogens is 451 g/mol. The molecule has 0 aromatic rings. The van der Waals surface area contributed by atoms with Crippen molar-refractivity contribution >= 4 is 14.0 Å². The zero-order valence-electron chi connectivity index (χ0n) is 15.6. The molecule has 0 aliphatic rings. The van der Waals surface area contributed by atoms with Crippen LogP contribution >= 0.6 is 0 Å². The Morgan fingerprint density at radius 3 is 0.900 bits per heavy atom. The van der Waals surface area contributed by atoms with Gasteiger partial charge in [0.25, 0.3) is 0 Å². The van der Waals surface area contributed by atoms with Crippen LogP contribution in [0.5, 0.6) is 0 Å². The molecule has 0 aromatic carbocycles. The number of rotatable bonds is 14. The third kappa shape index (κ3) is 19.2. The van der Waals surface area contributed by atoms with Crippen molar-refractivity contribution in [1.29, 1.82) is 0 Å². The Kier molecular flexibility index (Phi) is 12.0. The third-order valence-electron chi connectivity index (χ3n) is 3.05. The van der Waals surface area contributed by atoms with Crippen molar-refractivity contribution in [3.05, 3.63) is 0 Å². The van der Waals surface area contributed by atoms with Crippen molar-refractivity contribution in [2.75, 3.05) is 26.4 Å². The Morgan fingerprint density at radius 1 is 0.467 bits per heavy atom. The molecule has 0 aliphatic heterocycles. The maximum absolute atomic E-state index is 12.9. The Balaban J connectivity index is 5.11. The van der Waals surface area contributed by atoms with Crippen LogP contribution in [0.1, 0.15) is 32.6 Å². The van der Waals surface area contributed by atoms with E-state index in [-0.39, 0.29) is 0 Å². The average molecular weight is 470 g/mol. The van der Waals surface area contributed by atoms with Crippen LogP contribution in [0.25, 0.3) is 0 Å². The lowest BCUT2D eigenvalue weighted by atomic mass is 9.48. The van der Waals surface area contributed by atoms with E-state index in [4.69, 9.17) is 4.65 Å². The van der Waals surface area contributed by atoms with Gasteiger partial charge in [0.2, 0.25) is 5.92 Å². The molecular formula is C13H19B2F11O4. The van der Waals surface area contributed by atoms with E-state index >= 15 is 0 Å². The molecule has 178 valence electrons. The molecule has 17 heteroatoms. The van der Waals surface area contributed by atoms with Gasteiger partial charge < -0.3 is 18.6 Å². The van der Waals surface area contributed by atoms with Gasteiger partial charge in [-0.1, -0.05) is 0 Å². The molecule has 0 fully saturated rings. The second-order valence-electron chi connectivity index (χ2n) is 6.14. The van der Waals surface area contributed by atoms with Gasteiger partial charge in [0.05, 0.1) is 19.3 Å². The van der Waals surface area contributed by atoms with Crippen molar-refractivity contribution in [2.45, 2.75) is 57.1 Å². The molecule has 4 nitrogen and oxygen atoms in total. The van der Waals surface area contributed by atoms with Crippen LogP contribution in [0, 0.1) is 0 Å². The Labute approximate surface area is 165 Å². The van der Waals surface area contributed by atoms with E-state index in [0.717, 1.165) is 0 Å². The van der Waals surface area contributed by atoms with E-state index < -0.39 is 90.6 Å². The highest BCUT2D eigenvalue weighted by Gasteiger charge is 2.42. The van der Waals surface area contributed by atoms with Gasteiger partial charge in [-0.2, -0.15) is 39.5 Å². The van der Waals surface area contributed by atoms with E-state index in [0.29, 0.717) is 6.92 Å². The zero-order chi connectivity index (χ0) is 23.6. The second-order valence-corrected chi connectivity index (χ2v) is 6.14. The van der Waals surface area contributed by atoms with E-state index in [1.807, 2.05) is 0 Å². The molecule has 0 atom stereocenters. The highest BCUT2D eigenvalue weighted by molar-refractivity contribution is 7.10. The third-order valence-corrected chi connectivity index (χ3v) is 3.05. The lowest BCUT2D eigenvalue weighted by Crippen LogP contribution is -2.47. The Morgan fingerprint density at radius 2 is 0.700 bits per heavy atom. The summed E-state index contributed by atoms with van der Waals surface area (Å²) in [4.78, 5) is 0. The molecule has 0 N–H and O–H groups in total. The molecule has 0 spiro atoms. The molecule has 0 radical (unpaired) electrons.